The van der Waals surface area contributed by atoms with Crippen LogP contribution in [0.4, 0.5) is 0 Å². The summed E-state index contributed by atoms with van der Waals surface area (Å²) in [5.41, 5.74) is 0.185. The maximum atomic E-state index is 10.6. The zero-order valence-electron chi connectivity index (χ0n) is 10.1. The number of rotatable bonds is 2. The molecule has 2 saturated carbocycles. The minimum absolute atomic E-state index is 0.349. The first-order chi connectivity index (χ1) is 8.65. The van der Waals surface area contributed by atoms with Gasteiger partial charge in [-0.3, -0.25) is 0 Å². The molecule has 0 radical (unpaired) electrons. The Hall–Kier alpha value is -1.04. The van der Waals surface area contributed by atoms with E-state index in [2.05, 4.69) is 6.07 Å². The first kappa shape index (κ1) is 12.0. The fourth-order valence-electron chi connectivity index (χ4n) is 3.88. The highest BCUT2D eigenvalue weighted by Gasteiger charge is 2.55. The Morgan fingerprint density at radius 2 is 2.28 bits per heavy atom. The predicted molar refractivity (Wildman–Crippen MR) is 69.9 cm³/mol. The predicted octanol–water partition coefficient (Wildman–Crippen LogP) is 3.70. The lowest BCUT2D eigenvalue weighted by molar-refractivity contribution is 0.0233. The minimum Gasteiger partial charge on any atom is -0.387 e. The summed E-state index contributed by atoms with van der Waals surface area (Å²) in [6.07, 6.45) is 3.52. The van der Waals surface area contributed by atoms with Crippen LogP contribution in [0.25, 0.3) is 0 Å². The normalized spacial score (nSPS) is 35.4. The Kier molecular flexibility index (Phi) is 2.84. The molecule has 18 heavy (non-hydrogen) atoms. The summed E-state index contributed by atoms with van der Waals surface area (Å²) in [6.45, 7) is 0. The molecular weight excluding hydrogens is 246 g/mol. The van der Waals surface area contributed by atoms with E-state index < -0.39 is 11.5 Å². The van der Waals surface area contributed by atoms with Crippen LogP contribution in [0.1, 0.15) is 37.4 Å². The highest BCUT2D eigenvalue weighted by Crippen LogP contribution is 2.60. The number of hydrogen-bond acceptors (Lipinski definition) is 2. The number of benzene rings is 1. The number of nitriles is 1. The van der Waals surface area contributed by atoms with Gasteiger partial charge < -0.3 is 5.11 Å². The molecule has 3 rings (SSSR count). The van der Waals surface area contributed by atoms with Crippen LogP contribution in [0, 0.1) is 28.6 Å². The number of aliphatic hydroxyl groups excluding tert-OH is 1. The van der Waals surface area contributed by atoms with Crippen molar-refractivity contribution in [1.29, 1.82) is 5.26 Å². The van der Waals surface area contributed by atoms with E-state index in [1.807, 2.05) is 12.1 Å². The van der Waals surface area contributed by atoms with Crippen molar-refractivity contribution in [1.82, 2.24) is 0 Å². The molecule has 0 spiro atoms. The number of aliphatic hydroxyl groups is 1. The second-order valence-electron chi connectivity index (χ2n) is 5.69. The van der Waals surface area contributed by atoms with E-state index in [4.69, 9.17) is 11.6 Å². The Morgan fingerprint density at radius 3 is 2.83 bits per heavy atom. The molecular formula is C15H16ClNO. The summed E-state index contributed by atoms with van der Waals surface area (Å²) in [5.74, 6) is 0.977. The number of nitrogens with zero attached hydrogens (tertiary/aromatic N) is 1. The monoisotopic (exact) mass is 261 g/mol. The summed E-state index contributed by atoms with van der Waals surface area (Å²) in [4.78, 5) is 0. The fourth-order valence-corrected chi connectivity index (χ4v) is 4.08. The molecule has 0 aromatic heterocycles. The van der Waals surface area contributed by atoms with Crippen molar-refractivity contribution >= 4 is 11.6 Å². The largest absolute Gasteiger partial charge is 0.387 e. The molecule has 0 saturated heterocycles. The van der Waals surface area contributed by atoms with Gasteiger partial charge in [0.05, 0.1) is 17.6 Å². The zero-order valence-corrected chi connectivity index (χ0v) is 10.9. The molecule has 2 nitrogen and oxygen atoms in total. The van der Waals surface area contributed by atoms with Gasteiger partial charge in [-0.05, 0) is 48.8 Å². The van der Waals surface area contributed by atoms with Gasteiger partial charge in [0, 0.05) is 5.02 Å². The van der Waals surface area contributed by atoms with Gasteiger partial charge >= 0.3 is 0 Å². The van der Waals surface area contributed by atoms with Crippen LogP contribution in [0.2, 0.25) is 5.02 Å². The molecule has 1 N–H and O–H groups in total. The third kappa shape index (κ3) is 1.66. The molecule has 0 heterocycles. The standard InChI is InChI=1S/C15H16ClNO/c16-13-3-1-2-11(7-13)14(18)15(9-17)8-10-4-5-12(15)6-10/h1-3,7,10,12,14,18H,4-6,8H2. The Bertz CT molecular complexity index is 509. The SMILES string of the molecule is N#CC1(C(O)c2cccc(Cl)c2)CC2CCC1C2. The van der Waals surface area contributed by atoms with Crippen molar-refractivity contribution in [2.24, 2.45) is 17.3 Å². The van der Waals surface area contributed by atoms with Gasteiger partial charge in [-0.1, -0.05) is 30.2 Å². The van der Waals surface area contributed by atoms with Crippen LogP contribution in [-0.4, -0.2) is 5.11 Å². The highest BCUT2D eigenvalue weighted by molar-refractivity contribution is 6.30. The molecule has 2 aliphatic carbocycles. The number of halogens is 1. The average molecular weight is 262 g/mol. The van der Waals surface area contributed by atoms with Crippen LogP contribution in [0.5, 0.6) is 0 Å². The van der Waals surface area contributed by atoms with E-state index in [0.29, 0.717) is 16.9 Å². The van der Waals surface area contributed by atoms with Crippen LogP contribution in [0.3, 0.4) is 0 Å². The zero-order chi connectivity index (χ0) is 12.8. The molecule has 94 valence electrons. The van der Waals surface area contributed by atoms with Crippen molar-refractivity contribution in [3.63, 3.8) is 0 Å². The van der Waals surface area contributed by atoms with E-state index in [9.17, 15) is 10.4 Å². The Balaban J connectivity index is 1.96. The van der Waals surface area contributed by atoms with E-state index in [1.165, 1.54) is 6.42 Å². The van der Waals surface area contributed by atoms with Crippen molar-refractivity contribution in [3.05, 3.63) is 34.9 Å². The van der Waals surface area contributed by atoms with E-state index >= 15 is 0 Å². The summed E-state index contributed by atoms with van der Waals surface area (Å²) in [6, 6.07) is 9.69. The molecule has 2 bridgehead atoms. The van der Waals surface area contributed by atoms with Gasteiger partial charge in [0.2, 0.25) is 0 Å². The van der Waals surface area contributed by atoms with Crippen molar-refractivity contribution in [3.8, 4) is 6.07 Å². The average Bonchev–Trinajstić information content (AvgIpc) is 2.98. The molecule has 1 aromatic rings. The molecule has 3 heteroatoms. The summed E-state index contributed by atoms with van der Waals surface area (Å²) in [7, 11) is 0. The van der Waals surface area contributed by atoms with E-state index in [-0.39, 0.29) is 0 Å². The number of fused-ring (bicyclic) bond motifs is 2. The molecule has 4 atom stereocenters. The van der Waals surface area contributed by atoms with Gasteiger partial charge in [0.1, 0.15) is 0 Å². The Labute approximate surface area is 112 Å². The lowest BCUT2D eigenvalue weighted by atomic mass is 9.68. The second-order valence-corrected chi connectivity index (χ2v) is 6.13. The van der Waals surface area contributed by atoms with Crippen molar-refractivity contribution in [2.45, 2.75) is 31.8 Å². The molecule has 4 unspecified atom stereocenters. The maximum Gasteiger partial charge on any atom is 0.0979 e. The third-order valence-corrected chi connectivity index (χ3v) is 4.99. The van der Waals surface area contributed by atoms with Gasteiger partial charge in [-0.25, -0.2) is 0 Å². The summed E-state index contributed by atoms with van der Waals surface area (Å²) >= 11 is 5.97. The topological polar surface area (TPSA) is 44.0 Å². The van der Waals surface area contributed by atoms with Crippen LogP contribution >= 0.6 is 11.6 Å². The quantitative estimate of drug-likeness (QED) is 0.882. The lowest BCUT2D eigenvalue weighted by Gasteiger charge is -2.35. The molecule has 0 aliphatic heterocycles. The molecule has 2 fully saturated rings. The Morgan fingerprint density at radius 1 is 1.44 bits per heavy atom. The van der Waals surface area contributed by atoms with Crippen LogP contribution < -0.4 is 0 Å². The molecule has 1 aromatic carbocycles. The van der Waals surface area contributed by atoms with Gasteiger partial charge in [0.15, 0.2) is 0 Å². The first-order valence-electron chi connectivity index (χ1n) is 6.50. The highest BCUT2D eigenvalue weighted by atomic mass is 35.5. The number of hydrogen-bond donors (Lipinski definition) is 1. The van der Waals surface area contributed by atoms with E-state index in [0.717, 1.165) is 24.8 Å². The molecule has 2 aliphatic rings. The molecule has 0 amide bonds. The first-order valence-corrected chi connectivity index (χ1v) is 6.88. The second kappa shape index (κ2) is 4.26. The van der Waals surface area contributed by atoms with Crippen molar-refractivity contribution < 1.29 is 5.11 Å². The van der Waals surface area contributed by atoms with Gasteiger partial charge in [-0.15, -0.1) is 0 Å². The summed E-state index contributed by atoms with van der Waals surface area (Å²) in [5, 5.41) is 20.8. The van der Waals surface area contributed by atoms with Gasteiger partial charge in [-0.2, -0.15) is 5.26 Å². The van der Waals surface area contributed by atoms with Crippen molar-refractivity contribution in [2.75, 3.05) is 0 Å². The lowest BCUT2D eigenvalue weighted by Crippen LogP contribution is -2.33. The van der Waals surface area contributed by atoms with Crippen LogP contribution in [0.15, 0.2) is 24.3 Å². The van der Waals surface area contributed by atoms with Crippen LogP contribution in [-0.2, 0) is 0 Å². The smallest absolute Gasteiger partial charge is 0.0979 e. The van der Waals surface area contributed by atoms with E-state index in [1.54, 1.807) is 12.1 Å². The van der Waals surface area contributed by atoms with Gasteiger partial charge in [0.25, 0.3) is 0 Å². The maximum absolute atomic E-state index is 10.6. The fraction of sp³-hybridized carbons (Fsp3) is 0.533. The minimum atomic E-state index is -0.712. The summed E-state index contributed by atoms with van der Waals surface area (Å²) < 4.78 is 0. The third-order valence-electron chi connectivity index (χ3n) is 4.76.